The Balaban J connectivity index is 2.06. The third-order valence-electron chi connectivity index (χ3n) is 6.50. The van der Waals surface area contributed by atoms with E-state index in [9.17, 15) is 4.79 Å². The molecule has 2 aromatic heterocycles. The largest absolute Gasteiger partial charge is 0.376 e. The molecule has 2 aromatic rings. The highest BCUT2D eigenvalue weighted by Crippen LogP contribution is 2.41. The summed E-state index contributed by atoms with van der Waals surface area (Å²) in [5, 5.41) is 7.24. The normalized spacial score (nSPS) is 15.4. The van der Waals surface area contributed by atoms with Crippen molar-refractivity contribution in [3.8, 4) is 11.5 Å². The monoisotopic (exact) mass is 485 g/mol. The van der Waals surface area contributed by atoms with Crippen molar-refractivity contribution in [2.75, 3.05) is 24.8 Å². The van der Waals surface area contributed by atoms with Gasteiger partial charge in [0.15, 0.2) is 10.8 Å². The van der Waals surface area contributed by atoms with E-state index >= 15 is 0 Å². The lowest BCUT2D eigenvalue weighted by atomic mass is 10.0. The van der Waals surface area contributed by atoms with E-state index in [0.29, 0.717) is 46.5 Å². The van der Waals surface area contributed by atoms with Gasteiger partial charge >= 0.3 is 6.03 Å². The Labute approximate surface area is 202 Å². The molecule has 0 unspecified atom stereocenters. The smallest absolute Gasteiger partial charge is 0.320 e. The number of pyridine rings is 1. The molecule has 7 nitrogen and oxygen atoms in total. The van der Waals surface area contributed by atoms with Crippen molar-refractivity contribution in [1.29, 1.82) is 0 Å². The summed E-state index contributed by atoms with van der Waals surface area (Å²) in [6.07, 6.45) is 3.71. The van der Waals surface area contributed by atoms with Crippen LogP contribution >= 0.6 is 11.8 Å². The van der Waals surface area contributed by atoms with E-state index in [1.54, 1.807) is 6.20 Å². The minimum Gasteiger partial charge on any atom is -0.376 e. The fourth-order valence-corrected chi connectivity index (χ4v) is 10.3. The molecule has 0 saturated carbocycles. The standard InChI is InChI=1S/C24H35N5O2SSi/c1-15(2)33(16(3)4,17(5)6)10-9-18-11-20(27-22(30)29-24(7)13-31-14-24)26-21-19(18)12-25-23(28-21)32-8/h11-12,15-17H,13-14H2,1-8H3,(H2,25,26,27,28,29,30). The minimum atomic E-state index is -1.93. The molecule has 2 N–H and O–H groups in total. The molecule has 0 spiro atoms. The third kappa shape index (κ3) is 5.34. The summed E-state index contributed by atoms with van der Waals surface area (Å²) in [5.74, 6) is 3.91. The average Bonchev–Trinajstić information content (AvgIpc) is 2.71. The number of carbonyl (C=O) groups excluding carboxylic acids is 1. The van der Waals surface area contributed by atoms with Gasteiger partial charge in [0.1, 0.15) is 13.9 Å². The molecule has 9 heteroatoms. The number of hydrogen-bond donors (Lipinski definition) is 2. The number of nitrogens with one attached hydrogen (secondary N) is 2. The van der Waals surface area contributed by atoms with Crippen LogP contribution < -0.4 is 10.6 Å². The molecular weight excluding hydrogens is 450 g/mol. The van der Waals surface area contributed by atoms with E-state index in [4.69, 9.17) is 4.74 Å². The second kappa shape index (κ2) is 10.00. The van der Waals surface area contributed by atoms with Gasteiger partial charge < -0.3 is 10.1 Å². The highest BCUT2D eigenvalue weighted by molar-refractivity contribution is 7.98. The number of nitrogens with zero attached hydrogens (tertiary/aromatic N) is 3. The number of hydrogen-bond acceptors (Lipinski definition) is 6. The minimum absolute atomic E-state index is 0.319. The van der Waals surface area contributed by atoms with Gasteiger partial charge in [-0.05, 0) is 35.9 Å². The Kier molecular flexibility index (Phi) is 7.71. The van der Waals surface area contributed by atoms with Crippen LogP contribution in [0.5, 0.6) is 0 Å². The highest BCUT2D eigenvalue weighted by atomic mass is 32.2. The predicted octanol–water partition coefficient (Wildman–Crippen LogP) is 5.23. The van der Waals surface area contributed by atoms with E-state index in [0.717, 1.165) is 10.9 Å². The molecule has 1 saturated heterocycles. The molecule has 1 fully saturated rings. The van der Waals surface area contributed by atoms with E-state index in [-0.39, 0.29) is 11.6 Å². The topological polar surface area (TPSA) is 89.0 Å². The maximum atomic E-state index is 12.6. The summed E-state index contributed by atoms with van der Waals surface area (Å²) >= 11 is 1.45. The molecule has 3 heterocycles. The van der Waals surface area contributed by atoms with E-state index in [1.807, 2.05) is 19.2 Å². The zero-order chi connectivity index (χ0) is 24.4. The Bertz CT molecular complexity index is 1070. The van der Waals surface area contributed by atoms with Crippen LogP contribution in [0.4, 0.5) is 10.6 Å². The van der Waals surface area contributed by atoms with Crippen LogP contribution in [0.25, 0.3) is 11.0 Å². The Hall–Kier alpha value is -2.15. The lowest BCUT2D eigenvalue weighted by molar-refractivity contribution is -0.0567. The number of amides is 2. The second-order valence-electron chi connectivity index (χ2n) is 9.93. The Morgan fingerprint density at radius 3 is 2.30 bits per heavy atom. The summed E-state index contributed by atoms with van der Waals surface area (Å²) in [6.45, 7) is 16.7. The number of ether oxygens (including phenoxy) is 1. The zero-order valence-electron chi connectivity index (χ0n) is 20.9. The lowest BCUT2D eigenvalue weighted by Crippen LogP contribution is -2.60. The number of urea groups is 1. The second-order valence-corrected chi connectivity index (χ2v) is 16.3. The van der Waals surface area contributed by atoms with Gasteiger partial charge in [-0.15, -0.1) is 5.54 Å². The van der Waals surface area contributed by atoms with Gasteiger partial charge in [0.2, 0.25) is 0 Å². The van der Waals surface area contributed by atoms with Gasteiger partial charge in [0.05, 0.1) is 24.1 Å². The van der Waals surface area contributed by atoms with E-state index in [2.05, 4.69) is 78.6 Å². The molecule has 3 rings (SSSR count). The third-order valence-corrected chi connectivity index (χ3v) is 13.4. The molecule has 0 aromatic carbocycles. The molecular formula is C24H35N5O2SSi. The van der Waals surface area contributed by atoms with Gasteiger partial charge in [-0.1, -0.05) is 59.2 Å². The number of fused-ring (bicyclic) bond motifs is 1. The molecule has 0 radical (unpaired) electrons. The lowest BCUT2D eigenvalue weighted by Gasteiger charge is -2.38. The molecule has 178 valence electrons. The maximum absolute atomic E-state index is 12.6. The summed E-state index contributed by atoms with van der Waals surface area (Å²) in [5.41, 5.74) is 6.29. The quantitative estimate of drug-likeness (QED) is 0.252. The first-order valence-corrected chi connectivity index (χ1v) is 14.9. The Morgan fingerprint density at radius 1 is 1.15 bits per heavy atom. The Morgan fingerprint density at radius 2 is 1.79 bits per heavy atom. The fourth-order valence-electron chi connectivity index (χ4n) is 4.77. The fraction of sp³-hybridized carbons (Fsp3) is 0.583. The van der Waals surface area contributed by atoms with Crippen LogP contribution in [0.1, 0.15) is 54.0 Å². The van der Waals surface area contributed by atoms with Gasteiger partial charge in [0.25, 0.3) is 0 Å². The van der Waals surface area contributed by atoms with Crippen molar-refractivity contribution in [3.63, 3.8) is 0 Å². The molecule has 2 amide bonds. The highest BCUT2D eigenvalue weighted by Gasteiger charge is 2.41. The van der Waals surface area contributed by atoms with Crippen molar-refractivity contribution in [2.24, 2.45) is 0 Å². The summed E-state index contributed by atoms with van der Waals surface area (Å²) in [7, 11) is -1.93. The molecule has 1 aliphatic heterocycles. The van der Waals surface area contributed by atoms with Gasteiger partial charge in [0, 0.05) is 11.8 Å². The van der Waals surface area contributed by atoms with Gasteiger partial charge in [-0.3, -0.25) is 5.32 Å². The molecule has 0 atom stereocenters. The molecule has 1 aliphatic rings. The van der Waals surface area contributed by atoms with Crippen molar-refractivity contribution >= 4 is 42.7 Å². The van der Waals surface area contributed by atoms with Crippen molar-refractivity contribution in [1.82, 2.24) is 20.3 Å². The van der Waals surface area contributed by atoms with Crippen molar-refractivity contribution in [3.05, 3.63) is 17.8 Å². The number of carbonyl (C=O) groups is 1. The van der Waals surface area contributed by atoms with Crippen molar-refractivity contribution in [2.45, 2.75) is 75.8 Å². The first-order chi connectivity index (χ1) is 15.5. The summed E-state index contributed by atoms with van der Waals surface area (Å²) in [6, 6.07) is 1.51. The number of aromatic nitrogens is 3. The molecule has 33 heavy (non-hydrogen) atoms. The SMILES string of the molecule is CSc1ncc2c(C#C[Si](C(C)C)(C(C)C)C(C)C)cc(NC(=O)NC3(C)COC3)nc2n1. The number of thioether (sulfide) groups is 1. The zero-order valence-corrected chi connectivity index (χ0v) is 22.7. The average molecular weight is 486 g/mol. The van der Waals surface area contributed by atoms with E-state index < -0.39 is 8.07 Å². The summed E-state index contributed by atoms with van der Waals surface area (Å²) in [4.78, 5) is 26.2. The van der Waals surface area contributed by atoms with Crippen LogP contribution in [0.2, 0.25) is 16.6 Å². The molecule has 0 bridgehead atoms. The predicted molar refractivity (Wildman–Crippen MR) is 138 cm³/mol. The first-order valence-electron chi connectivity index (χ1n) is 11.4. The number of anilines is 1. The van der Waals surface area contributed by atoms with Crippen LogP contribution in [0.15, 0.2) is 17.4 Å². The summed E-state index contributed by atoms with van der Waals surface area (Å²) < 4.78 is 5.22. The van der Waals surface area contributed by atoms with Crippen LogP contribution in [-0.4, -0.2) is 54.1 Å². The first kappa shape index (κ1) is 25.5. The molecule has 0 aliphatic carbocycles. The maximum Gasteiger partial charge on any atom is 0.320 e. The van der Waals surface area contributed by atoms with Crippen LogP contribution in [-0.2, 0) is 4.74 Å². The van der Waals surface area contributed by atoms with Gasteiger partial charge in [-0.25, -0.2) is 19.7 Å². The van der Waals surface area contributed by atoms with Gasteiger partial charge in [-0.2, -0.15) is 0 Å². The van der Waals surface area contributed by atoms with Crippen LogP contribution in [0.3, 0.4) is 0 Å². The number of rotatable bonds is 6. The van der Waals surface area contributed by atoms with E-state index in [1.165, 1.54) is 11.8 Å². The van der Waals surface area contributed by atoms with Crippen LogP contribution in [0, 0.1) is 11.5 Å². The van der Waals surface area contributed by atoms with Crippen molar-refractivity contribution < 1.29 is 9.53 Å².